The molecule has 0 aromatic heterocycles. The second-order valence-electron chi connectivity index (χ2n) is 5.98. The molecule has 0 saturated carbocycles. The molecule has 3 aliphatic rings. The van der Waals surface area contributed by atoms with Gasteiger partial charge in [-0.2, -0.15) is 5.57 Å². The van der Waals surface area contributed by atoms with Gasteiger partial charge in [-0.15, -0.1) is 34.9 Å². The summed E-state index contributed by atoms with van der Waals surface area (Å²) in [6, 6.07) is 0. The van der Waals surface area contributed by atoms with Crippen LogP contribution in [0.1, 0.15) is 20.3 Å². The summed E-state index contributed by atoms with van der Waals surface area (Å²) in [5, 5.41) is 1.62. The maximum Gasteiger partial charge on any atom is 0.00715 e. The van der Waals surface area contributed by atoms with Crippen LogP contribution in [0.3, 0.4) is 0 Å². The van der Waals surface area contributed by atoms with Crippen LogP contribution in [0.4, 0.5) is 0 Å². The summed E-state index contributed by atoms with van der Waals surface area (Å²) < 4.78 is 0. The van der Waals surface area contributed by atoms with Gasteiger partial charge in [0.05, 0.1) is 0 Å². The molecule has 0 spiro atoms. The van der Waals surface area contributed by atoms with Crippen molar-refractivity contribution in [3.8, 4) is 0 Å². The Bertz CT molecular complexity index is 674. The Morgan fingerprint density at radius 3 is 2.57 bits per heavy atom. The van der Waals surface area contributed by atoms with Crippen LogP contribution in [-0.2, 0) is 26.2 Å². The van der Waals surface area contributed by atoms with Gasteiger partial charge < -0.3 is 0 Å². The number of allylic oxidation sites excluding steroid dienone is 12. The summed E-state index contributed by atoms with van der Waals surface area (Å²) in [6.07, 6.45) is 18.2. The van der Waals surface area contributed by atoms with Crippen molar-refractivity contribution >= 4 is 13.6 Å². The topological polar surface area (TPSA) is 0 Å². The predicted octanol–water partition coefficient (Wildman–Crippen LogP) is 4.57. The molecule has 0 amide bonds. The van der Waals surface area contributed by atoms with Gasteiger partial charge in [-0.25, -0.2) is 0 Å². The number of hydrogen-bond donors (Lipinski definition) is 0. The van der Waals surface area contributed by atoms with Crippen LogP contribution >= 0.6 is 0 Å². The third-order valence-corrected chi connectivity index (χ3v) is 6.12. The zero-order valence-corrected chi connectivity index (χ0v) is 16.7. The molecule has 0 aliphatic heterocycles. The molecule has 0 aromatic carbocycles. The first-order valence-corrected chi connectivity index (χ1v) is 9.87. The molecule has 2 heteroatoms. The molecule has 3 rings (SSSR count). The van der Waals surface area contributed by atoms with E-state index in [4.69, 9.17) is 0 Å². The van der Waals surface area contributed by atoms with E-state index >= 15 is 0 Å². The van der Waals surface area contributed by atoms with Crippen molar-refractivity contribution in [1.82, 2.24) is 0 Å². The fourth-order valence-corrected chi connectivity index (χ4v) is 4.88. The van der Waals surface area contributed by atoms with Gasteiger partial charge in [0.25, 0.3) is 0 Å². The van der Waals surface area contributed by atoms with Gasteiger partial charge in [0.15, 0.2) is 0 Å². The molecule has 106 valence electrons. The fourth-order valence-electron chi connectivity index (χ4n) is 3.44. The van der Waals surface area contributed by atoms with Gasteiger partial charge in [-0.05, 0) is 12.3 Å². The zero-order chi connectivity index (χ0) is 14.3. The van der Waals surface area contributed by atoms with Gasteiger partial charge in [0, 0.05) is 34.6 Å². The molecular weight excluding hydrogens is 348 g/mol. The van der Waals surface area contributed by atoms with Crippen LogP contribution in [0.15, 0.2) is 64.3 Å². The molecule has 0 fully saturated rings. The molecule has 1 atom stereocenters. The normalized spacial score (nSPS) is 23.3. The van der Waals surface area contributed by atoms with Gasteiger partial charge in [0.1, 0.15) is 0 Å². The monoisotopic (exact) mass is 367 g/mol. The van der Waals surface area contributed by atoms with E-state index in [0.29, 0.717) is 5.92 Å². The molecule has 0 aromatic rings. The Kier molecular flexibility index (Phi) is 5.33. The molecule has 21 heavy (non-hydrogen) atoms. The van der Waals surface area contributed by atoms with Crippen molar-refractivity contribution in [2.45, 2.75) is 33.4 Å². The van der Waals surface area contributed by atoms with Crippen molar-refractivity contribution in [3.05, 3.63) is 70.4 Å². The van der Waals surface area contributed by atoms with Gasteiger partial charge in [-0.3, -0.25) is 0 Å². The van der Waals surface area contributed by atoms with E-state index in [1.165, 1.54) is 27.9 Å². The summed E-state index contributed by atoms with van der Waals surface area (Å²) in [7, 11) is -0.418. The molecule has 1 unspecified atom stereocenters. The predicted molar refractivity (Wildman–Crippen MR) is 90.2 cm³/mol. The average molecular weight is 369 g/mol. The minimum atomic E-state index is -0.418. The molecule has 0 nitrogen and oxygen atoms in total. The van der Waals surface area contributed by atoms with Crippen LogP contribution in [0.25, 0.3) is 0 Å². The summed E-state index contributed by atoms with van der Waals surface area (Å²) >= 11 is 0. The summed E-state index contributed by atoms with van der Waals surface area (Å²) in [5.74, 6) is 0.519. The van der Waals surface area contributed by atoms with Crippen LogP contribution < -0.4 is 0 Å². The summed E-state index contributed by atoms with van der Waals surface area (Å²) in [6.45, 7) is 9.36. The van der Waals surface area contributed by atoms with Crippen molar-refractivity contribution in [2.24, 2.45) is 5.92 Å². The zero-order valence-electron chi connectivity index (χ0n) is 13.2. The molecule has 0 N–H and O–H groups in total. The maximum atomic E-state index is 3.59. The first kappa shape index (κ1) is 16.8. The fraction of sp³-hybridized carbons (Fsp3) is 0.316. The SMILES string of the molecule is CC1=[C-]C2=CC=CC(=[Si](C)C)C(C)C2=C1C1=CC=CC1.[Zr]. The van der Waals surface area contributed by atoms with E-state index in [2.05, 4.69) is 69.5 Å². The molecule has 0 bridgehead atoms. The third-order valence-electron chi connectivity index (χ3n) is 4.36. The summed E-state index contributed by atoms with van der Waals surface area (Å²) in [5.41, 5.74) is 7.03. The molecule has 0 radical (unpaired) electrons. The molecular formula is C19H21SiZr-. The van der Waals surface area contributed by atoms with Crippen molar-refractivity contribution < 1.29 is 26.2 Å². The Morgan fingerprint density at radius 2 is 1.95 bits per heavy atom. The Labute approximate surface area is 149 Å². The largest absolute Gasteiger partial charge is 0.154 e. The number of fused-ring (bicyclic) bond motifs is 1. The van der Waals surface area contributed by atoms with Crippen molar-refractivity contribution in [3.63, 3.8) is 0 Å². The Balaban J connectivity index is 0.00000161. The number of hydrogen-bond acceptors (Lipinski definition) is 0. The van der Waals surface area contributed by atoms with Crippen LogP contribution in [0.5, 0.6) is 0 Å². The molecule has 0 saturated heterocycles. The first-order valence-electron chi connectivity index (χ1n) is 7.37. The molecule has 0 heterocycles. The van der Waals surface area contributed by atoms with Gasteiger partial charge in [-0.1, -0.05) is 62.0 Å². The smallest absolute Gasteiger partial charge is 0.00715 e. The van der Waals surface area contributed by atoms with Gasteiger partial charge in [0.2, 0.25) is 0 Å². The minimum Gasteiger partial charge on any atom is -0.154 e. The van der Waals surface area contributed by atoms with E-state index in [9.17, 15) is 0 Å². The van der Waals surface area contributed by atoms with E-state index in [0.717, 1.165) is 6.42 Å². The Hall–Kier alpha value is -0.590. The van der Waals surface area contributed by atoms with E-state index < -0.39 is 8.41 Å². The van der Waals surface area contributed by atoms with Crippen molar-refractivity contribution in [2.75, 3.05) is 0 Å². The van der Waals surface area contributed by atoms with Gasteiger partial charge >= 0.3 is 0 Å². The van der Waals surface area contributed by atoms with E-state index in [1.807, 2.05) is 0 Å². The summed E-state index contributed by atoms with van der Waals surface area (Å²) in [4.78, 5) is 0. The standard InChI is InChI=1S/C19H21Si.Zr/c1-13-12-16-10-7-11-17(20(3)4)14(2)19(16)18(13)15-8-5-6-9-15;/h5-8,10-11,14H,9H2,1-4H3;/q-1;. The second-order valence-corrected chi connectivity index (χ2v) is 8.56. The van der Waals surface area contributed by atoms with Crippen LogP contribution in [0.2, 0.25) is 13.1 Å². The van der Waals surface area contributed by atoms with Crippen LogP contribution in [0, 0.1) is 12.0 Å². The van der Waals surface area contributed by atoms with E-state index in [-0.39, 0.29) is 26.2 Å². The second kappa shape index (κ2) is 6.67. The van der Waals surface area contributed by atoms with Crippen LogP contribution in [-0.4, -0.2) is 13.6 Å². The van der Waals surface area contributed by atoms with Crippen molar-refractivity contribution in [1.29, 1.82) is 0 Å². The average Bonchev–Trinajstić information content (AvgIpc) is 2.97. The molecule has 3 aliphatic carbocycles. The quantitative estimate of drug-likeness (QED) is 0.470. The first-order chi connectivity index (χ1) is 9.59. The van der Waals surface area contributed by atoms with E-state index in [1.54, 1.807) is 5.17 Å². The number of rotatable bonds is 1. The third kappa shape index (κ3) is 2.98. The Morgan fingerprint density at radius 1 is 1.19 bits per heavy atom. The minimum absolute atomic E-state index is 0. The maximum absolute atomic E-state index is 3.59.